The zero-order chi connectivity index (χ0) is 17.3. The summed E-state index contributed by atoms with van der Waals surface area (Å²) in [5, 5.41) is 3.07. The van der Waals surface area contributed by atoms with Crippen LogP contribution >= 0.6 is 0 Å². The van der Waals surface area contributed by atoms with Crippen molar-refractivity contribution in [3.63, 3.8) is 0 Å². The van der Waals surface area contributed by atoms with Gasteiger partial charge in [-0.1, -0.05) is 42.5 Å². The van der Waals surface area contributed by atoms with Crippen LogP contribution in [0.4, 0.5) is 5.69 Å². The zero-order valence-corrected chi connectivity index (χ0v) is 15.0. The van der Waals surface area contributed by atoms with Crippen molar-refractivity contribution in [3.05, 3.63) is 65.2 Å². The van der Waals surface area contributed by atoms with E-state index in [9.17, 15) is 4.79 Å². The molecule has 0 spiro atoms. The summed E-state index contributed by atoms with van der Waals surface area (Å²) in [5.74, 6) is 0.0636. The van der Waals surface area contributed by atoms with Gasteiger partial charge in [0.1, 0.15) is 0 Å². The molecule has 0 bridgehead atoms. The fourth-order valence-corrected chi connectivity index (χ4v) is 3.58. The van der Waals surface area contributed by atoms with E-state index >= 15 is 0 Å². The lowest BCUT2D eigenvalue weighted by atomic mass is 9.81. The first-order chi connectivity index (χ1) is 11.4. The van der Waals surface area contributed by atoms with Crippen LogP contribution in [0.1, 0.15) is 43.0 Å². The Labute approximate surface area is 144 Å². The highest BCUT2D eigenvalue weighted by molar-refractivity contribution is 5.92. The number of rotatable bonds is 3. The molecular weight excluding hydrogens is 296 g/mol. The second-order valence-electron chi connectivity index (χ2n) is 7.38. The number of carbonyl (C=O) groups is 1. The second-order valence-corrected chi connectivity index (χ2v) is 7.38. The summed E-state index contributed by atoms with van der Waals surface area (Å²) in [6.45, 7) is 6.51. The van der Waals surface area contributed by atoms with Gasteiger partial charge in [0.25, 0.3) is 0 Å². The van der Waals surface area contributed by atoms with Gasteiger partial charge < -0.3 is 5.32 Å². The molecule has 2 aromatic rings. The molecule has 3 heteroatoms. The SMILES string of the molecule is Cc1ccccc1NC(=O)C[C@@H]1c2ccccc2CC(C)(C)N1C. The van der Waals surface area contributed by atoms with Crippen molar-refractivity contribution in [2.75, 3.05) is 12.4 Å². The second kappa shape index (κ2) is 6.40. The average molecular weight is 322 g/mol. The molecule has 0 aromatic heterocycles. The number of hydrogen-bond donors (Lipinski definition) is 1. The highest BCUT2D eigenvalue weighted by Crippen LogP contribution is 2.39. The molecule has 0 radical (unpaired) electrons. The first kappa shape index (κ1) is 16.7. The van der Waals surface area contributed by atoms with Crippen molar-refractivity contribution in [2.45, 2.75) is 45.2 Å². The number of amides is 1. The smallest absolute Gasteiger partial charge is 0.226 e. The molecule has 24 heavy (non-hydrogen) atoms. The topological polar surface area (TPSA) is 32.3 Å². The Balaban J connectivity index is 1.83. The van der Waals surface area contributed by atoms with Crippen molar-refractivity contribution < 1.29 is 4.79 Å². The van der Waals surface area contributed by atoms with Gasteiger partial charge in [0.15, 0.2) is 0 Å². The van der Waals surface area contributed by atoms with Gasteiger partial charge in [0.05, 0.1) is 0 Å². The molecular formula is C21H26N2O. The lowest BCUT2D eigenvalue weighted by Gasteiger charge is -2.46. The van der Waals surface area contributed by atoms with E-state index in [0.717, 1.165) is 17.7 Å². The standard InChI is InChI=1S/C21H26N2O/c1-15-9-5-8-12-18(15)22-20(24)13-19-17-11-7-6-10-16(17)14-21(2,3)23(19)4/h5-12,19H,13-14H2,1-4H3,(H,22,24)/t19-/m1/s1. The molecule has 1 N–H and O–H groups in total. The van der Waals surface area contributed by atoms with Gasteiger partial charge >= 0.3 is 0 Å². The number of nitrogens with one attached hydrogen (secondary N) is 1. The maximum Gasteiger partial charge on any atom is 0.226 e. The van der Waals surface area contributed by atoms with E-state index in [0.29, 0.717) is 6.42 Å². The number of anilines is 1. The number of likely N-dealkylation sites (N-methyl/N-ethyl adjacent to an activating group) is 1. The maximum atomic E-state index is 12.7. The Morgan fingerprint density at radius 2 is 1.83 bits per heavy atom. The number of fused-ring (bicyclic) bond motifs is 1. The number of hydrogen-bond acceptors (Lipinski definition) is 2. The Morgan fingerprint density at radius 1 is 1.17 bits per heavy atom. The lowest BCUT2D eigenvalue weighted by molar-refractivity contribution is -0.118. The van der Waals surface area contributed by atoms with Crippen LogP contribution in [-0.2, 0) is 11.2 Å². The number of para-hydroxylation sites is 1. The van der Waals surface area contributed by atoms with Gasteiger partial charge in [0, 0.05) is 23.7 Å². The minimum Gasteiger partial charge on any atom is -0.326 e. The third kappa shape index (κ3) is 3.22. The molecule has 1 aliphatic rings. The molecule has 1 amide bonds. The summed E-state index contributed by atoms with van der Waals surface area (Å²) in [6, 6.07) is 16.5. The minimum absolute atomic E-state index is 0.0436. The molecule has 3 nitrogen and oxygen atoms in total. The van der Waals surface area contributed by atoms with Crippen molar-refractivity contribution in [3.8, 4) is 0 Å². The Morgan fingerprint density at radius 3 is 2.58 bits per heavy atom. The Bertz CT molecular complexity index is 751. The van der Waals surface area contributed by atoms with Crippen molar-refractivity contribution in [1.29, 1.82) is 0 Å². The maximum absolute atomic E-state index is 12.7. The number of carbonyl (C=O) groups excluding carboxylic acids is 1. The van der Waals surface area contributed by atoms with E-state index < -0.39 is 0 Å². The van der Waals surface area contributed by atoms with E-state index in [4.69, 9.17) is 0 Å². The van der Waals surface area contributed by atoms with Gasteiger partial charge in [-0.2, -0.15) is 0 Å². The number of benzene rings is 2. The van der Waals surface area contributed by atoms with Gasteiger partial charge in [0.2, 0.25) is 5.91 Å². The van der Waals surface area contributed by atoms with Crippen molar-refractivity contribution in [2.24, 2.45) is 0 Å². The predicted molar refractivity (Wildman–Crippen MR) is 99.2 cm³/mol. The first-order valence-electron chi connectivity index (χ1n) is 8.55. The summed E-state index contributed by atoms with van der Waals surface area (Å²) < 4.78 is 0. The highest BCUT2D eigenvalue weighted by atomic mass is 16.1. The van der Waals surface area contributed by atoms with Crippen molar-refractivity contribution >= 4 is 11.6 Å². The quantitative estimate of drug-likeness (QED) is 0.912. The first-order valence-corrected chi connectivity index (χ1v) is 8.55. The molecule has 1 heterocycles. The van der Waals surface area contributed by atoms with Crippen LogP contribution in [0.25, 0.3) is 0 Å². The lowest BCUT2D eigenvalue weighted by Crippen LogP contribution is -2.49. The van der Waals surface area contributed by atoms with E-state index in [2.05, 4.69) is 55.4 Å². The van der Waals surface area contributed by atoms with Gasteiger partial charge in [-0.25, -0.2) is 0 Å². The third-order valence-corrected chi connectivity index (χ3v) is 5.26. The molecule has 3 rings (SSSR count). The highest BCUT2D eigenvalue weighted by Gasteiger charge is 2.37. The number of nitrogens with zero attached hydrogens (tertiary/aromatic N) is 1. The molecule has 0 saturated heterocycles. The summed E-state index contributed by atoms with van der Waals surface area (Å²) in [6.07, 6.45) is 1.47. The largest absolute Gasteiger partial charge is 0.326 e. The number of aryl methyl sites for hydroxylation is 1. The Hall–Kier alpha value is -2.13. The van der Waals surface area contributed by atoms with Crippen LogP contribution in [0.15, 0.2) is 48.5 Å². The van der Waals surface area contributed by atoms with Crippen LogP contribution < -0.4 is 5.32 Å². The summed E-state index contributed by atoms with van der Waals surface area (Å²) in [4.78, 5) is 15.0. The van der Waals surface area contributed by atoms with Crippen LogP contribution in [0.5, 0.6) is 0 Å². The monoisotopic (exact) mass is 322 g/mol. The fraction of sp³-hybridized carbons (Fsp3) is 0.381. The third-order valence-electron chi connectivity index (χ3n) is 5.26. The summed E-state index contributed by atoms with van der Waals surface area (Å²) >= 11 is 0. The predicted octanol–water partition coefficient (Wildman–Crippen LogP) is 4.33. The van der Waals surface area contributed by atoms with Crippen molar-refractivity contribution in [1.82, 2.24) is 4.90 Å². The van der Waals surface area contributed by atoms with Gasteiger partial charge in [-0.15, -0.1) is 0 Å². The molecule has 0 unspecified atom stereocenters. The van der Waals surface area contributed by atoms with E-state index in [-0.39, 0.29) is 17.5 Å². The van der Waals surface area contributed by atoms with Gasteiger partial charge in [-0.3, -0.25) is 9.69 Å². The summed E-state index contributed by atoms with van der Waals surface area (Å²) in [7, 11) is 2.13. The van der Waals surface area contributed by atoms with E-state index in [1.54, 1.807) is 0 Å². The zero-order valence-electron chi connectivity index (χ0n) is 15.0. The van der Waals surface area contributed by atoms with Crippen LogP contribution in [0.3, 0.4) is 0 Å². The normalized spacial score (nSPS) is 19.6. The van der Waals surface area contributed by atoms with Crippen LogP contribution in [0.2, 0.25) is 0 Å². The van der Waals surface area contributed by atoms with Crippen LogP contribution in [0, 0.1) is 6.92 Å². The fourth-order valence-electron chi connectivity index (χ4n) is 3.58. The molecule has 126 valence electrons. The summed E-state index contributed by atoms with van der Waals surface area (Å²) in [5.41, 5.74) is 4.66. The van der Waals surface area contributed by atoms with E-state index in [1.165, 1.54) is 11.1 Å². The molecule has 0 fully saturated rings. The molecule has 0 aliphatic carbocycles. The molecule has 1 aliphatic heterocycles. The molecule has 2 aromatic carbocycles. The minimum atomic E-state index is 0.0436. The molecule has 1 atom stereocenters. The van der Waals surface area contributed by atoms with Gasteiger partial charge in [-0.05, 0) is 57.0 Å². The average Bonchev–Trinajstić information content (AvgIpc) is 2.54. The molecule has 0 saturated carbocycles. The van der Waals surface area contributed by atoms with E-state index in [1.807, 2.05) is 31.2 Å². The van der Waals surface area contributed by atoms with Crippen LogP contribution in [-0.4, -0.2) is 23.4 Å². The Kier molecular flexibility index (Phi) is 4.46.